The summed E-state index contributed by atoms with van der Waals surface area (Å²) in [5.41, 5.74) is 0.796. The molecule has 0 bridgehead atoms. The number of aromatic nitrogens is 6. The van der Waals surface area contributed by atoms with Gasteiger partial charge < -0.3 is 14.7 Å². The molecule has 3 aromatic heterocycles. The van der Waals surface area contributed by atoms with E-state index in [-0.39, 0.29) is 0 Å². The Kier molecular flexibility index (Phi) is 4.51. The summed E-state index contributed by atoms with van der Waals surface area (Å²) >= 11 is 0. The molecule has 0 amide bonds. The van der Waals surface area contributed by atoms with Gasteiger partial charge in [0.15, 0.2) is 11.5 Å². The fraction of sp³-hybridized carbons (Fsp3) is 0.500. The van der Waals surface area contributed by atoms with E-state index in [1.54, 1.807) is 0 Å². The molecule has 0 spiro atoms. The third-order valence-electron chi connectivity index (χ3n) is 4.94. The van der Waals surface area contributed by atoms with Crippen LogP contribution in [-0.2, 0) is 0 Å². The number of rotatable bonds is 4. The van der Waals surface area contributed by atoms with Gasteiger partial charge in [0, 0.05) is 53.4 Å². The molecule has 4 rings (SSSR count). The molecule has 1 aliphatic heterocycles. The summed E-state index contributed by atoms with van der Waals surface area (Å²) in [5, 5.41) is 13.4. The van der Waals surface area contributed by atoms with Gasteiger partial charge in [-0.25, -0.2) is 4.98 Å². The molecule has 0 aromatic carbocycles. The largest absolute Gasteiger partial charge is 0.361 e. The molecule has 9 nitrogen and oxygen atoms in total. The summed E-state index contributed by atoms with van der Waals surface area (Å²) in [7, 11) is 7.88. The van der Waals surface area contributed by atoms with Gasteiger partial charge in [-0.3, -0.25) is 0 Å². The Balaban J connectivity index is 1.52. The first kappa shape index (κ1) is 17.4. The Morgan fingerprint density at radius 2 is 1.74 bits per heavy atom. The van der Waals surface area contributed by atoms with Crippen LogP contribution in [0.2, 0.25) is 0 Å². The van der Waals surface area contributed by atoms with Crippen molar-refractivity contribution in [1.29, 1.82) is 0 Å². The highest BCUT2D eigenvalue weighted by Gasteiger charge is 2.26. The molecule has 1 aliphatic rings. The molecule has 0 N–H and O–H groups in total. The molecule has 9 heteroatoms. The molecule has 3 aromatic rings. The zero-order valence-electron chi connectivity index (χ0n) is 16.2. The Labute approximate surface area is 158 Å². The maximum Gasteiger partial charge on any atom is 0.226 e. The van der Waals surface area contributed by atoms with Gasteiger partial charge in [-0.05, 0) is 31.0 Å². The number of hydrogen-bond acceptors (Lipinski definition) is 8. The molecular weight excluding hydrogens is 342 g/mol. The van der Waals surface area contributed by atoms with Crippen molar-refractivity contribution in [3.8, 4) is 0 Å². The van der Waals surface area contributed by atoms with Gasteiger partial charge in [-0.1, -0.05) is 0 Å². The van der Waals surface area contributed by atoms with E-state index in [9.17, 15) is 0 Å². The highest BCUT2D eigenvalue weighted by Crippen LogP contribution is 2.29. The van der Waals surface area contributed by atoms with E-state index in [0.717, 1.165) is 55.0 Å². The van der Waals surface area contributed by atoms with Gasteiger partial charge in [-0.15, -0.1) is 15.3 Å². The fourth-order valence-corrected chi connectivity index (χ4v) is 3.39. The third-order valence-corrected chi connectivity index (χ3v) is 4.94. The Morgan fingerprint density at radius 3 is 2.44 bits per heavy atom. The molecule has 1 saturated heterocycles. The summed E-state index contributed by atoms with van der Waals surface area (Å²) in [4.78, 5) is 15.2. The van der Waals surface area contributed by atoms with Crippen molar-refractivity contribution in [3.05, 3.63) is 30.2 Å². The Morgan fingerprint density at radius 1 is 0.963 bits per heavy atom. The summed E-state index contributed by atoms with van der Waals surface area (Å²) in [5.74, 6) is 3.91. The summed E-state index contributed by atoms with van der Waals surface area (Å²) in [6, 6.07) is 5.91. The summed E-state index contributed by atoms with van der Waals surface area (Å²) in [6.07, 6.45) is 3.81. The van der Waals surface area contributed by atoms with E-state index in [0.29, 0.717) is 5.92 Å². The SMILES string of the molecule is CN(C)c1ccc2nnc(C3CCN(c4ccnc(N(C)C)n4)CC3)n2n1. The van der Waals surface area contributed by atoms with E-state index in [1.165, 1.54) is 0 Å². The molecular formula is C18H25N9. The highest BCUT2D eigenvalue weighted by molar-refractivity contribution is 5.46. The first-order valence-electron chi connectivity index (χ1n) is 9.18. The average Bonchev–Trinajstić information content (AvgIpc) is 3.11. The molecule has 1 fully saturated rings. The lowest BCUT2D eigenvalue weighted by Crippen LogP contribution is -2.34. The molecule has 27 heavy (non-hydrogen) atoms. The molecule has 0 atom stereocenters. The number of hydrogen-bond donors (Lipinski definition) is 0. The monoisotopic (exact) mass is 367 g/mol. The van der Waals surface area contributed by atoms with Crippen molar-refractivity contribution in [1.82, 2.24) is 29.8 Å². The summed E-state index contributed by atoms with van der Waals surface area (Å²) < 4.78 is 1.89. The van der Waals surface area contributed by atoms with E-state index in [1.807, 2.05) is 66.9 Å². The number of anilines is 3. The number of piperidine rings is 1. The second kappa shape index (κ2) is 6.98. The van der Waals surface area contributed by atoms with E-state index >= 15 is 0 Å². The van der Waals surface area contributed by atoms with Gasteiger partial charge in [0.05, 0.1) is 0 Å². The van der Waals surface area contributed by atoms with Crippen LogP contribution < -0.4 is 14.7 Å². The minimum atomic E-state index is 0.344. The molecule has 0 unspecified atom stereocenters. The van der Waals surface area contributed by atoms with Crippen LogP contribution >= 0.6 is 0 Å². The van der Waals surface area contributed by atoms with Crippen LogP contribution in [0.4, 0.5) is 17.6 Å². The quantitative estimate of drug-likeness (QED) is 0.685. The van der Waals surface area contributed by atoms with Crippen LogP contribution in [0, 0.1) is 0 Å². The second-order valence-electron chi connectivity index (χ2n) is 7.28. The molecule has 0 saturated carbocycles. The van der Waals surface area contributed by atoms with Crippen LogP contribution in [0.15, 0.2) is 24.4 Å². The van der Waals surface area contributed by atoms with Crippen LogP contribution in [0.25, 0.3) is 5.65 Å². The van der Waals surface area contributed by atoms with Crippen molar-refractivity contribution in [3.63, 3.8) is 0 Å². The standard InChI is InChI=1S/C18H25N9/c1-24(2)16-6-5-15-21-22-17(27(15)23-16)13-8-11-26(12-9-13)14-7-10-19-18(20-14)25(3)4/h5-7,10,13H,8-9,11-12H2,1-4H3. The minimum Gasteiger partial charge on any atom is -0.361 e. The average molecular weight is 367 g/mol. The topological polar surface area (TPSA) is 78.6 Å². The highest BCUT2D eigenvalue weighted by atomic mass is 15.4. The smallest absolute Gasteiger partial charge is 0.226 e. The van der Waals surface area contributed by atoms with Crippen LogP contribution in [-0.4, -0.2) is 71.1 Å². The molecule has 142 valence electrons. The first-order chi connectivity index (χ1) is 13.0. The molecule has 4 heterocycles. The van der Waals surface area contributed by atoms with Gasteiger partial charge in [-0.2, -0.15) is 9.50 Å². The maximum atomic E-state index is 4.70. The van der Waals surface area contributed by atoms with Crippen LogP contribution in [0.1, 0.15) is 24.6 Å². The lowest BCUT2D eigenvalue weighted by atomic mass is 9.96. The lowest BCUT2D eigenvalue weighted by molar-refractivity contribution is 0.475. The predicted molar refractivity (Wildman–Crippen MR) is 106 cm³/mol. The fourth-order valence-electron chi connectivity index (χ4n) is 3.39. The first-order valence-corrected chi connectivity index (χ1v) is 9.18. The third kappa shape index (κ3) is 3.36. The van der Waals surface area contributed by atoms with Gasteiger partial charge >= 0.3 is 0 Å². The van der Waals surface area contributed by atoms with E-state index < -0.39 is 0 Å². The van der Waals surface area contributed by atoms with Gasteiger partial charge in [0.25, 0.3) is 0 Å². The van der Waals surface area contributed by atoms with Crippen molar-refractivity contribution in [2.24, 2.45) is 0 Å². The lowest BCUT2D eigenvalue weighted by Gasteiger charge is -2.32. The maximum absolute atomic E-state index is 4.70. The van der Waals surface area contributed by atoms with E-state index in [4.69, 9.17) is 5.10 Å². The normalized spacial score (nSPS) is 15.3. The zero-order chi connectivity index (χ0) is 19.0. The Hall–Kier alpha value is -2.97. The summed E-state index contributed by atoms with van der Waals surface area (Å²) in [6.45, 7) is 1.85. The van der Waals surface area contributed by atoms with Crippen molar-refractivity contribution in [2.75, 3.05) is 56.0 Å². The van der Waals surface area contributed by atoms with Crippen molar-refractivity contribution in [2.45, 2.75) is 18.8 Å². The van der Waals surface area contributed by atoms with E-state index in [2.05, 4.69) is 25.1 Å². The number of fused-ring (bicyclic) bond motifs is 1. The zero-order valence-corrected chi connectivity index (χ0v) is 16.2. The number of nitrogens with zero attached hydrogens (tertiary/aromatic N) is 9. The van der Waals surface area contributed by atoms with Gasteiger partial charge in [0.1, 0.15) is 11.6 Å². The Bertz CT molecular complexity index is 925. The molecule has 0 aliphatic carbocycles. The minimum absolute atomic E-state index is 0.344. The van der Waals surface area contributed by atoms with Gasteiger partial charge in [0.2, 0.25) is 5.95 Å². The van der Waals surface area contributed by atoms with Crippen LogP contribution in [0.5, 0.6) is 0 Å². The predicted octanol–water partition coefficient (Wildman–Crippen LogP) is 1.43. The van der Waals surface area contributed by atoms with Crippen molar-refractivity contribution >= 4 is 23.2 Å². The van der Waals surface area contributed by atoms with Crippen LogP contribution in [0.3, 0.4) is 0 Å². The molecule has 0 radical (unpaired) electrons. The second-order valence-corrected chi connectivity index (χ2v) is 7.28. The van der Waals surface area contributed by atoms with Crippen molar-refractivity contribution < 1.29 is 0 Å².